The number of nitrogens with zero attached hydrogens (tertiary/aromatic N) is 3. The molecular weight excluding hydrogens is 254 g/mol. The van der Waals surface area contributed by atoms with Gasteiger partial charge in [0.25, 0.3) is 5.91 Å². The number of carbonyl (C=O) groups is 1. The van der Waals surface area contributed by atoms with Gasteiger partial charge in [0.1, 0.15) is 12.2 Å². The number of carbonyl (C=O) groups excluding carboxylic acids is 1. The van der Waals surface area contributed by atoms with Crippen molar-refractivity contribution in [1.82, 2.24) is 25.5 Å². The third-order valence-corrected chi connectivity index (χ3v) is 2.97. The van der Waals surface area contributed by atoms with E-state index in [0.29, 0.717) is 17.9 Å². The molecule has 0 saturated heterocycles. The lowest BCUT2D eigenvalue weighted by atomic mass is 10.1. The molecule has 2 heterocycles. The summed E-state index contributed by atoms with van der Waals surface area (Å²) >= 11 is 0. The van der Waals surface area contributed by atoms with E-state index in [2.05, 4.69) is 25.5 Å². The third-order valence-electron chi connectivity index (χ3n) is 2.97. The molecule has 0 atom stereocenters. The summed E-state index contributed by atoms with van der Waals surface area (Å²) in [6, 6.07) is 9.39. The predicted octanol–water partition coefficient (Wildman–Crippen LogP) is 1.59. The van der Waals surface area contributed by atoms with Crippen molar-refractivity contribution in [3.63, 3.8) is 0 Å². The Labute approximate surface area is 115 Å². The Kier molecular flexibility index (Phi) is 3.12. The number of pyridine rings is 1. The fourth-order valence-electron chi connectivity index (χ4n) is 2.07. The summed E-state index contributed by atoms with van der Waals surface area (Å²) in [5.41, 5.74) is 2.25. The van der Waals surface area contributed by atoms with E-state index < -0.39 is 0 Å². The lowest BCUT2D eigenvalue weighted by Gasteiger charge is -2.08. The van der Waals surface area contributed by atoms with Gasteiger partial charge in [-0.15, -0.1) is 0 Å². The molecule has 0 radical (unpaired) electrons. The van der Waals surface area contributed by atoms with Crippen LogP contribution in [-0.4, -0.2) is 26.1 Å². The number of fused-ring (bicyclic) bond motifs is 1. The first-order valence-corrected chi connectivity index (χ1v) is 6.23. The molecule has 3 aromatic rings. The average molecular weight is 267 g/mol. The van der Waals surface area contributed by atoms with Crippen molar-refractivity contribution in [2.75, 3.05) is 0 Å². The molecule has 0 aliphatic carbocycles. The van der Waals surface area contributed by atoms with Crippen LogP contribution in [0.2, 0.25) is 0 Å². The van der Waals surface area contributed by atoms with Crippen molar-refractivity contribution in [3.8, 4) is 0 Å². The standard InChI is InChI=1S/C14H13N5O/c1-9-6-11(10-4-2-3-5-12(10)18-9)14(20)15-7-13-16-8-17-19-13/h2-6,8H,7H2,1H3,(H,15,20)(H,16,17,19). The lowest BCUT2D eigenvalue weighted by molar-refractivity contribution is 0.0951. The first-order valence-electron chi connectivity index (χ1n) is 6.23. The third kappa shape index (κ3) is 2.35. The van der Waals surface area contributed by atoms with Crippen LogP contribution in [0.25, 0.3) is 10.9 Å². The minimum atomic E-state index is -0.150. The van der Waals surface area contributed by atoms with Crippen molar-refractivity contribution in [2.45, 2.75) is 13.5 Å². The molecule has 0 unspecified atom stereocenters. The van der Waals surface area contributed by atoms with E-state index in [1.807, 2.05) is 31.2 Å². The number of H-pyrrole nitrogens is 1. The molecule has 6 nitrogen and oxygen atoms in total. The highest BCUT2D eigenvalue weighted by molar-refractivity contribution is 6.06. The zero-order valence-corrected chi connectivity index (χ0v) is 10.9. The SMILES string of the molecule is Cc1cc(C(=O)NCc2ncn[nH]2)c2ccccc2n1. The number of aryl methyl sites for hydroxylation is 1. The number of para-hydroxylation sites is 1. The molecule has 0 saturated carbocycles. The summed E-state index contributed by atoms with van der Waals surface area (Å²) in [4.78, 5) is 20.7. The molecular formula is C14H13N5O. The molecule has 0 bridgehead atoms. The highest BCUT2D eigenvalue weighted by atomic mass is 16.1. The molecule has 100 valence electrons. The molecule has 20 heavy (non-hydrogen) atoms. The molecule has 3 rings (SSSR count). The molecule has 0 spiro atoms. The van der Waals surface area contributed by atoms with Crippen molar-refractivity contribution in [3.05, 3.63) is 53.7 Å². The number of hydrogen-bond donors (Lipinski definition) is 2. The summed E-state index contributed by atoms with van der Waals surface area (Å²) in [6.07, 6.45) is 1.41. The normalized spacial score (nSPS) is 10.7. The van der Waals surface area contributed by atoms with Crippen LogP contribution >= 0.6 is 0 Å². The van der Waals surface area contributed by atoms with Gasteiger partial charge in [-0.2, -0.15) is 5.10 Å². The summed E-state index contributed by atoms with van der Waals surface area (Å²) in [5, 5.41) is 10.1. The smallest absolute Gasteiger partial charge is 0.252 e. The van der Waals surface area contributed by atoms with Crippen molar-refractivity contribution in [2.24, 2.45) is 0 Å². The number of nitrogens with one attached hydrogen (secondary N) is 2. The van der Waals surface area contributed by atoms with Gasteiger partial charge in [0, 0.05) is 11.1 Å². The fraction of sp³-hybridized carbons (Fsp3) is 0.143. The second-order valence-corrected chi connectivity index (χ2v) is 4.44. The number of aromatic nitrogens is 4. The topological polar surface area (TPSA) is 83.6 Å². The van der Waals surface area contributed by atoms with Crippen LogP contribution in [0.5, 0.6) is 0 Å². The van der Waals surface area contributed by atoms with Crippen LogP contribution in [0.4, 0.5) is 0 Å². The molecule has 1 amide bonds. The fourth-order valence-corrected chi connectivity index (χ4v) is 2.07. The van der Waals surface area contributed by atoms with E-state index >= 15 is 0 Å². The van der Waals surface area contributed by atoms with E-state index in [0.717, 1.165) is 16.6 Å². The molecule has 6 heteroatoms. The Morgan fingerprint density at radius 2 is 2.20 bits per heavy atom. The van der Waals surface area contributed by atoms with Crippen LogP contribution in [-0.2, 0) is 6.54 Å². The van der Waals surface area contributed by atoms with Crippen LogP contribution in [0.1, 0.15) is 21.9 Å². The Morgan fingerprint density at radius 1 is 1.35 bits per heavy atom. The summed E-state index contributed by atoms with van der Waals surface area (Å²) in [6.45, 7) is 2.19. The first kappa shape index (κ1) is 12.3. The van der Waals surface area contributed by atoms with Gasteiger partial charge in [-0.25, -0.2) is 4.98 Å². The van der Waals surface area contributed by atoms with E-state index in [-0.39, 0.29) is 5.91 Å². The van der Waals surface area contributed by atoms with E-state index in [1.54, 1.807) is 6.07 Å². The van der Waals surface area contributed by atoms with Crippen LogP contribution in [0, 0.1) is 6.92 Å². The Morgan fingerprint density at radius 3 is 3.00 bits per heavy atom. The molecule has 2 N–H and O–H groups in total. The van der Waals surface area contributed by atoms with Crippen LogP contribution in [0.15, 0.2) is 36.7 Å². The lowest BCUT2D eigenvalue weighted by Crippen LogP contribution is -2.24. The van der Waals surface area contributed by atoms with E-state index in [9.17, 15) is 4.79 Å². The molecule has 0 aliphatic heterocycles. The zero-order valence-electron chi connectivity index (χ0n) is 10.9. The maximum atomic E-state index is 12.3. The maximum absolute atomic E-state index is 12.3. The number of amides is 1. The molecule has 0 fully saturated rings. The minimum Gasteiger partial charge on any atom is -0.345 e. The van der Waals surface area contributed by atoms with Crippen molar-refractivity contribution in [1.29, 1.82) is 0 Å². The second kappa shape index (κ2) is 5.08. The van der Waals surface area contributed by atoms with Gasteiger partial charge in [-0.1, -0.05) is 18.2 Å². The molecule has 0 aliphatic rings. The number of rotatable bonds is 3. The number of aromatic amines is 1. The Bertz CT molecular complexity index is 751. The van der Waals surface area contributed by atoms with E-state index in [1.165, 1.54) is 6.33 Å². The summed E-state index contributed by atoms with van der Waals surface area (Å²) in [5.74, 6) is 0.469. The monoisotopic (exact) mass is 267 g/mol. The van der Waals surface area contributed by atoms with Crippen LogP contribution < -0.4 is 5.32 Å². The highest BCUT2D eigenvalue weighted by Crippen LogP contribution is 2.18. The first-order chi connectivity index (χ1) is 9.74. The van der Waals surface area contributed by atoms with Gasteiger partial charge in [-0.05, 0) is 19.1 Å². The summed E-state index contributed by atoms with van der Waals surface area (Å²) in [7, 11) is 0. The highest BCUT2D eigenvalue weighted by Gasteiger charge is 2.11. The quantitative estimate of drug-likeness (QED) is 0.754. The number of benzene rings is 1. The van der Waals surface area contributed by atoms with Crippen LogP contribution in [0.3, 0.4) is 0 Å². The summed E-state index contributed by atoms with van der Waals surface area (Å²) < 4.78 is 0. The van der Waals surface area contributed by atoms with E-state index in [4.69, 9.17) is 0 Å². The van der Waals surface area contributed by atoms with Gasteiger partial charge in [0.2, 0.25) is 0 Å². The maximum Gasteiger partial charge on any atom is 0.252 e. The minimum absolute atomic E-state index is 0.150. The zero-order chi connectivity index (χ0) is 13.9. The Balaban J connectivity index is 1.90. The predicted molar refractivity (Wildman–Crippen MR) is 74.0 cm³/mol. The second-order valence-electron chi connectivity index (χ2n) is 4.44. The number of hydrogen-bond acceptors (Lipinski definition) is 4. The molecule has 2 aromatic heterocycles. The van der Waals surface area contributed by atoms with Gasteiger partial charge in [0.05, 0.1) is 17.6 Å². The van der Waals surface area contributed by atoms with Gasteiger partial charge in [0.15, 0.2) is 0 Å². The largest absolute Gasteiger partial charge is 0.345 e. The molecule has 1 aromatic carbocycles. The Hall–Kier alpha value is -2.76. The van der Waals surface area contributed by atoms with Gasteiger partial charge in [-0.3, -0.25) is 14.9 Å². The van der Waals surface area contributed by atoms with Gasteiger partial charge >= 0.3 is 0 Å². The average Bonchev–Trinajstić information content (AvgIpc) is 2.97. The van der Waals surface area contributed by atoms with Crippen molar-refractivity contribution >= 4 is 16.8 Å². The van der Waals surface area contributed by atoms with Gasteiger partial charge < -0.3 is 5.32 Å². The van der Waals surface area contributed by atoms with Crippen molar-refractivity contribution < 1.29 is 4.79 Å².